The Kier molecular flexibility index (Phi) is 8.32. The number of amides is 1. The van der Waals surface area contributed by atoms with Crippen LogP contribution in [0.25, 0.3) is 0 Å². The number of esters is 1. The van der Waals surface area contributed by atoms with Gasteiger partial charge in [-0.2, -0.15) is 11.8 Å². The predicted octanol–water partition coefficient (Wildman–Crippen LogP) is 3.74. The van der Waals surface area contributed by atoms with E-state index in [9.17, 15) is 14.0 Å². The first kappa shape index (κ1) is 21.8. The number of carbonyl (C=O) groups is 2. The molecule has 0 aromatic heterocycles. The van der Waals surface area contributed by atoms with Gasteiger partial charge in [-0.05, 0) is 55.2 Å². The van der Waals surface area contributed by atoms with Crippen LogP contribution in [0, 0.1) is 12.7 Å². The molecule has 0 radical (unpaired) electrons. The second kappa shape index (κ2) is 10.7. The number of methoxy groups -OCH3 is 1. The van der Waals surface area contributed by atoms with Gasteiger partial charge in [0.15, 0.2) is 11.6 Å². The van der Waals surface area contributed by atoms with Crippen molar-refractivity contribution >= 4 is 23.6 Å². The Hall–Kier alpha value is -2.54. The van der Waals surface area contributed by atoms with Crippen LogP contribution in [-0.4, -0.2) is 37.0 Å². The molecule has 2 rings (SSSR count). The van der Waals surface area contributed by atoms with Crippen LogP contribution in [0.2, 0.25) is 0 Å². The predicted molar refractivity (Wildman–Crippen MR) is 108 cm³/mol. The van der Waals surface area contributed by atoms with Crippen molar-refractivity contribution in [3.05, 3.63) is 65.0 Å². The normalized spacial score (nSPS) is 11.6. The fourth-order valence-electron chi connectivity index (χ4n) is 2.57. The molecule has 0 aliphatic rings. The summed E-state index contributed by atoms with van der Waals surface area (Å²) in [6.07, 6.45) is 2.36. The van der Waals surface area contributed by atoms with Gasteiger partial charge in [-0.25, -0.2) is 9.18 Å². The van der Waals surface area contributed by atoms with E-state index in [1.54, 1.807) is 36.0 Å². The summed E-state index contributed by atoms with van der Waals surface area (Å²) >= 11 is 1.57. The molecule has 2 aromatic rings. The molecule has 28 heavy (non-hydrogen) atoms. The van der Waals surface area contributed by atoms with Gasteiger partial charge in [0, 0.05) is 5.56 Å². The van der Waals surface area contributed by atoms with Crippen molar-refractivity contribution in [3.8, 4) is 5.75 Å². The lowest BCUT2D eigenvalue weighted by molar-refractivity contribution is -0.147. The lowest BCUT2D eigenvalue weighted by atomic mass is 10.1. The summed E-state index contributed by atoms with van der Waals surface area (Å²) < 4.78 is 23.9. The zero-order chi connectivity index (χ0) is 20.5. The van der Waals surface area contributed by atoms with Crippen LogP contribution in [0.3, 0.4) is 0 Å². The molecular formula is C21H24FNO4S. The third-order valence-electron chi connectivity index (χ3n) is 4.08. The summed E-state index contributed by atoms with van der Waals surface area (Å²) in [5, 5.41) is 2.74. The largest absolute Gasteiger partial charge is 0.494 e. The zero-order valence-corrected chi connectivity index (χ0v) is 17.0. The van der Waals surface area contributed by atoms with Crippen LogP contribution in [0.1, 0.15) is 27.9 Å². The average Bonchev–Trinajstić information content (AvgIpc) is 2.69. The van der Waals surface area contributed by atoms with E-state index in [2.05, 4.69) is 5.32 Å². The third-order valence-corrected chi connectivity index (χ3v) is 4.72. The molecule has 0 aliphatic heterocycles. The second-order valence-electron chi connectivity index (χ2n) is 6.25. The number of thioether (sulfide) groups is 1. The molecule has 1 atom stereocenters. The molecule has 7 heteroatoms. The third kappa shape index (κ3) is 6.27. The van der Waals surface area contributed by atoms with E-state index in [1.807, 2.05) is 19.2 Å². The van der Waals surface area contributed by atoms with Crippen LogP contribution in [-0.2, 0) is 16.1 Å². The van der Waals surface area contributed by atoms with E-state index in [-0.39, 0.29) is 18.3 Å². The highest BCUT2D eigenvalue weighted by atomic mass is 32.2. The monoisotopic (exact) mass is 405 g/mol. The first-order chi connectivity index (χ1) is 13.4. The number of benzene rings is 2. The van der Waals surface area contributed by atoms with Crippen molar-refractivity contribution in [3.63, 3.8) is 0 Å². The van der Waals surface area contributed by atoms with Gasteiger partial charge < -0.3 is 14.8 Å². The van der Waals surface area contributed by atoms with Gasteiger partial charge in [0.05, 0.1) is 7.11 Å². The highest BCUT2D eigenvalue weighted by molar-refractivity contribution is 7.98. The van der Waals surface area contributed by atoms with E-state index in [4.69, 9.17) is 9.47 Å². The van der Waals surface area contributed by atoms with Gasteiger partial charge in [0.1, 0.15) is 12.6 Å². The summed E-state index contributed by atoms with van der Waals surface area (Å²) in [7, 11) is 1.38. The van der Waals surface area contributed by atoms with Crippen LogP contribution < -0.4 is 10.1 Å². The molecule has 0 saturated heterocycles. The maximum Gasteiger partial charge on any atom is 0.329 e. The Balaban J connectivity index is 2.01. The number of halogens is 1. The minimum absolute atomic E-state index is 0.0875. The molecule has 1 amide bonds. The molecule has 0 heterocycles. The maximum atomic E-state index is 13.8. The molecule has 5 nitrogen and oxygen atoms in total. The Morgan fingerprint density at radius 1 is 1.21 bits per heavy atom. The Bertz CT molecular complexity index is 828. The van der Waals surface area contributed by atoms with E-state index in [0.29, 0.717) is 23.3 Å². The molecule has 0 unspecified atom stereocenters. The molecule has 0 saturated carbocycles. The molecule has 150 valence electrons. The molecule has 0 aliphatic carbocycles. The Morgan fingerprint density at radius 3 is 2.64 bits per heavy atom. The van der Waals surface area contributed by atoms with E-state index in [0.717, 1.165) is 5.56 Å². The molecule has 0 fully saturated rings. The van der Waals surface area contributed by atoms with Crippen molar-refractivity contribution in [1.29, 1.82) is 0 Å². The molecular weight excluding hydrogens is 381 g/mol. The fraction of sp³-hybridized carbons (Fsp3) is 0.333. The Morgan fingerprint density at radius 2 is 2.00 bits per heavy atom. The highest BCUT2D eigenvalue weighted by Crippen LogP contribution is 2.18. The molecule has 0 bridgehead atoms. The van der Waals surface area contributed by atoms with Crippen molar-refractivity contribution in [1.82, 2.24) is 5.32 Å². The van der Waals surface area contributed by atoms with E-state index < -0.39 is 17.8 Å². The SMILES string of the molecule is COc1ccc(COC(=O)[C@@H](CCSC)NC(=O)c2cccc(C)c2)cc1F. The summed E-state index contributed by atoms with van der Waals surface area (Å²) in [5.41, 5.74) is 1.94. The van der Waals surface area contributed by atoms with Gasteiger partial charge in [-0.3, -0.25) is 4.79 Å². The van der Waals surface area contributed by atoms with Gasteiger partial charge in [0.2, 0.25) is 0 Å². The smallest absolute Gasteiger partial charge is 0.329 e. The molecule has 2 aromatic carbocycles. The number of hydrogen-bond acceptors (Lipinski definition) is 5. The fourth-order valence-corrected chi connectivity index (χ4v) is 3.04. The van der Waals surface area contributed by atoms with Crippen molar-refractivity contribution < 1.29 is 23.5 Å². The minimum Gasteiger partial charge on any atom is -0.494 e. The van der Waals surface area contributed by atoms with Crippen molar-refractivity contribution in [2.75, 3.05) is 19.1 Å². The van der Waals surface area contributed by atoms with Crippen LogP contribution in [0.4, 0.5) is 4.39 Å². The molecule has 1 N–H and O–H groups in total. The number of nitrogens with one attached hydrogen (secondary N) is 1. The second-order valence-corrected chi connectivity index (χ2v) is 7.24. The first-order valence-corrected chi connectivity index (χ1v) is 10.2. The highest BCUT2D eigenvalue weighted by Gasteiger charge is 2.23. The van der Waals surface area contributed by atoms with Gasteiger partial charge in [-0.15, -0.1) is 0 Å². The summed E-state index contributed by atoms with van der Waals surface area (Å²) in [5.74, 6) is -0.597. The van der Waals surface area contributed by atoms with Crippen molar-refractivity contribution in [2.45, 2.75) is 26.0 Å². The summed E-state index contributed by atoms with van der Waals surface area (Å²) in [6.45, 7) is 1.81. The Labute approximate surface area is 168 Å². The number of rotatable bonds is 9. The quantitative estimate of drug-likeness (QED) is 0.644. The van der Waals surface area contributed by atoms with E-state index in [1.165, 1.54) is 19.2 Å². The van der Waals surface area contributed by atoms with Crippen LogP contribution in [0.15, 0.2) is 42.5 Å². The molecule has 0 spiro atoms. The summed E-state index contributed by atoms with van der Waals surface area (Å²) in [4.78, 5) is 25.0. The number of carbonyl (C=O) groups excluding carboxylic acids is 2. The van der Waals surface area contributed by atoms with Crippen LogP contribution >= 0.6 is 11.8 Å². The lowest BCUT2D eigenvalue weighted by Crippen LogP contribution is -2.42. The average molecular weight is 405 g/mol. The number of hydrogen-bond donors (Lipinski definition) is 1. The van der Waals surface area contributed by atoms with Gasteiger partial charge in [0.25, 0.3) is 5.91 Å². The minimum atomic E-state index is -0.774. The van der Waals surface area contributed by atoms with E-state index >= 15 is 0 Å². The van der Waals surface area contributed by atoms with Crippen LogP contribution in [0.5, 0.6) is 5.75 Å². The first-order valence-electron chi connectivity index (χ1n) is 8.80. The van der Waals surface area contributed by atoms with Gasteiger partial charge in [-0.1, -0.05) is 23.8 Å². The van der Waals surface area contributed by atoms with Crippen molar-refractivity contribution in [2.24, 2.45) is 0 Å². The standard InChI is InChI=1S/C21H24FNO4S/c1-14-5-4-6-16(11-14)20(24)23-18(9-10-28-3)21(25)27-13-15-7-8-19(26-2)17(22)12-15/h4-8,11-12,18H,9-10,13H2,1-3H3,(H,23,24)/t18-/m1/s1. The zero-order valence-electron chi connectivity index (χ0n) is 16.2. The summed E-state index contributed by atoms with van der Waals surface area (Å²) in [6, 6.07) is 10.7. The topological polar surface area (TPSA) is 64.6 Å². The van der Waals surface area contributed by atoms with Gasteiger partial charge >= 0.3 is 5.97 Å². The maximum absolute atomic E-state index is 13.8. The number of aryl methyl sites for hydroxylation is 1. The lowest BCUT2D eigenvalue weighted by Gasteiger charge is -2.18. The number of ether oxygens (including phenoxy) is 2.